The molecule has 1 atom stereocenters. The fraction of sp³-hybridized carbons (Fsp3) is 0.300. The van der Waals surface area contributed by atoms with E-state index in [0.29, 0.717) is 0 Å². The summed E-state index contributed by atoms with van der Waals surface area (Å²) in [5.74, 6) is -0.752. The molecule has 7 heteroatoms. The molecule has 0 aliphatic heterocycles. The summed E-state index contributed by atoms with van der Waals surface area (Å²) in [6.07, 6.45) is 0. The van der Waals surface area contributed by atoms with E-state index in [0.717, 1.165) is 18.2 Å². The van der Waals surface area contributed by atoms with E-state index in [1.54, 1.807) is 13.0 Å². The number of nitrogens with zero attached hydrogens (tertiary/aromatic N) is 1. The maximum atomic E-state index is 13.0. The van der Waals surface area contributed by atoms with Crippen LogP contribution in [0.15, 0.2) is 23.1 Å². The zero-order valence-corrected chi connectivity index (χ0v) is 9.96. The first-order valence-electron chi connectivity index (χ1n) is 4.82. The lowest BCUT2D eigenvalue weighted by atomic mass is 10.2. The Balaban J connectivity index is 3.13. The molecule has 1 rings (SSSR count). The fourth-order valence-corrected chi connectivity index (χ4v) is 2.42. The number of sulfonamides is 1. The van der Waals surface area contributed by atoms with Gasteiger partial charge in [-0.1, -0.05) is 0 Å². The number of nitrogens with one attached hydrogen (secondary N) is 1. The summed E-state index contributed by atoms with van der Waals surface area (Å²) < 4.78 is 38.9. The molecule has 0 bridgehead atoms. The molecule has 3 N–H and O–H groups in total. The maximum absolute atomic E-state index is 13.0. The van der Waals surface area contributed by atoms with Crippen LogP contribution in [0.4, 0.5) is 4.39 Å². The van der Waals surface area contributed by atoms with Crippen LogP contribution < -0.4 is 10.5 Å². The molecule has 0 spiro atoms. The second-order valence-electron chi connectivity index (χ2n) is 3.51. The van der Waals surface area contributed by atoms with Gasteiger partial charge in [0.2, 0.25) is 10.0 Å². The Hall–Kier alpha value is -1.49. The lowest BCUT2D eigenvalue weighted by Gasteiger charge is -2.12. The number of rotatable bonds is 4. The van der Waals surface area contributed by atoms with Gasteiger partial charge in [0.05, 0.1) is 10.5 Å². The molecule has 5 nitrogen and oxygen atoms in total. The zero-order valence-electron chi connectivity index (χ0n) is 9.14. The van der Waals surface area contributed by atoms with E-state index in [1.165, 1.54) is 0 Å². The maximum Gasteiger partial charge on any atom is 0.240 e. The Labute approximate surface area is 99.1 Å². The molecule has 0 amide bonds. The highest BCUT2D eigenvalue weighted by Gasteiger charge is 2.18. The van der Waals surface area contributed by atoms with Crippen molar-refractivity contribution in [3.63, 3.8) is 0 Å². The van der Waals surface area contributed by atoms with Crippen molar-refractivity contribution in [1.82, 2.24) is 4.72 Å². The van der Waals surface area contributed by atoms with Crippen LogP contribution in [0.3, 0.4) is 0 Å². The van der Waals surface area contributed by atoms with Crippen molar-refractivity contribution in [2.24, 2.45) is 5.73 Å². The van der Waals surface area contributed by atoms with Gasteiger partial charge in [0, 0.05) is 12.6 Å². The van der Waals surface area contributed by atoms with E-state index in [-0.39, 0.29) is 17.0 Å². The molecule has 0 aliphatic rings. The summed E-state index contributed by atoms with van der Waals surface area (Å²) in [7, 11) is -3.77. The van der Waals surface area contributed by atoms with E-state index in [4.69, 9.17) is 11.0 Å². The van der Waals surface area contributed by atoms with Gasteiger partial charge in [-0.3, -0.25) is 0 Å². The Bertz CT molecular complexity index is 551. The number of halogens is 1. The van der Waals surface area contributed by atoms with Gasteiger partial charge in [-0.05, 0) is 25.1 Å². The summed E-state index contributed by atoms with van der Waals surface area (Å²) in [4.78, 5) is -0.157. The molecule has 92 valence electrons. The van der Waals surface area contributed by atoms with Crippen molar-refractivity contribution in [3.05, 3.63) is 29.6 Å². The van der Waals surface area contributed by atoms with Gasteiger partial charge >= 0.3 is 0 Å². The van der Waals surface area contributed by atoms with Crippen molar-refractivity contribution in [3.8, 4) is 6.07 Å². The van der Waals surface area contributed by atoms with Crippen molar-refractivity contribution >= 4 is 10.0 Å². The largest absolute Gasteiger partial charge is 0.329 e. The minimum atomic E-state index is -3.77. The average Bonchev–Trinajstić information content (AvgIpc) is 2.28. The van der Waals surface area contributed by atoms with Gasteiger partial charge in [0.15, 0.2) is 0 Å². The predicted octanol–water partition coefficient (Wildman–Crippen LogP) is 0.323. The Morgan fingerprint density at radius 2 is 2.24 bits per heavy atom. The topological polar surface area (TPSA) is 96.0 Å². The molecular weight excluding hydrogens is 245 g/mol. The third-order valence-corrected chi connectivity index (χ3v) is 3.67. The molecule has 0 fully saturated rings. The van der Waals surface area contributed by atoms with Gasteiger partial charge in [-0.25, -0.2) is 17.5 Å². The van der Waals surface area contributed by atoms with Gasteiger partial charge in [0.1, 0.15) is 11.9 Å². The van der Waals surface area contributed by atoms with Gasteiger partial charge in [-0.2, -0.15) is 5.26 Å². The van der Waals surface area contributed by atoms with E-state index in [9.17, 15) is 12.8 Å². The standard InChI is InChI=1S/C10H12FN3O2S/c1-7(5-12)14-17(15,16)9-2-3-10(11)8(4-9)6-13/h2-4,7,14H,5,12H2,1H3/t7-/m0/s1. The highest BCUT2D eigenvalue weighted by atomic mass is 32.2. The average molecular weight is 257 g/mol. The van der Waals surface area contributed by atoms with Crippen LogP contribution in [0, 0.1) is 17.1 Å². The van der Waals surface area contributed by atoms with Crippen LogP contribution in [-0.4, -0.2) is 21.0 Å². The normalized spacial score (nSPS) is 13.1. The summed E-state index contributed by atoms with van der Waals surface area (Å²) in [5, 5.41) is 8.61. The van der Waals surface area contributed by atoms with E-state index < -0.39 is 21.9 Å². The van der Waals surface area contributed by atoms with Crippen molar-refractivity contribution < 1.29 is 12.8 Å². The van der Waals surface area contributed by atoms with Crippen LogP contribution in [0.5, 0.6) is 0 Å². The van der Waals surface area contributed by atoms with Crippen molar-refractivity contribution in [2.75, 3.05) is 6.54 Å². The lowest BCUT2D eigenvalue weighted by molar-refractivity contribution is 0.562. The first-order valence-corrected chi connectivity index (χ1v) is 6.31. The predicted molar refractivity (Wildman–Crippen MR) is 60.0 cm³/mol. The number of benzene rings is 1. The van der Waals surface area contributed by atoms with Crippen LogP contribution in [-0.2, 0) is 10.0 Å². The van der Waals surface area contributed by atoms with E-state index in [2.05, 4.69) is 4.72 Å². The first kappa shape index (κ1) is 13.6. The summed E-state index contributed by atoms with van der Waals surface area (Å²) in [6, 6.07) is 4.18. The van der Waals surface area contributed by atoms with Crippen LogP contribution >= 0.6 is 0 Å². The van der Waals surface area contributed by atoms with Crippen LogP contribution in [0.1, 0.15) is 12.5 Å². The number of nitriles is 1. The number of hydrogen-bond donors (Lipinski definition) is 2. The Morgan fingerprint density at radius 1 is 1.59 bits per heavy atom. The number of hydrogen-bond acceptors (Lipinski definition) is 4. The van der Waals surface area contributed by atoms with Gasteiger partial charge < -0.3 is 5.73 Å². The quantitative estimate of drug-likeness (QED) is 0.812. The highest BCUT2D eigenvalue weighted by Crippen LogP contribution is 2.14. The third-order valence-electron chi connectivity index (χ3n) is 2.08. The summed E-state index contributed by atoms with van der Waals surface area (Å²) in [5.41, 5.74) is 4.99. The molecule has 0 radical (unpaired) electrons. The molecule has 0 heterocycles. The van der Waals surface area contributed by atoms with Gasteiger partial charge in [0.25, 0.3) is 0 Å². The molecular formula is C10H12FN3O2S. The smallest absolute Gasteiger partial charge is 0.240 e. The Morgan fingerprint density at radius 3 is 2.76 bits per heavy atom. The second-order valence-corrected chi connectivity index (χ2v) is 5.23. The molecule has 1 aromatic carbocycles. The summed E-state index contributed by atoms with van der Waals surface area (Å²) in [6.45, 7) is 1.75. The van der Waals surface area contributed by atoms with E-state index in [1.807, 2.05) is 0 Å². The lowest BCUT2D eigenvalue weighted by Crippen LogP contribution is -2.37. The highest BCUT2D eigenvalue weighted by molar-refractivity contribution is 7.89. The monoisotopic (exact) mass is 257 g/mol. The molecule has 0 saturated carbocycles. The molecule has 0 aliphatic carbocycles. The van der Waals surface area contributed by atoms with E-state index >= 15 is 0 Å². The molecule has 0 unspecified atom stereocenters. The second kappa shape index (κ2) is 5.23. The molecule has 17 heavy (non-hydrogen) atoms. The van der Waals surface area contributed by atoms with Crippen LogP contribution in [0.2, 0.25) is 0 Å². The third kappa shape index (κ3) is 3.23. The molecule has 1 aromatic rings. The SMILES string of the molecule is C[C@@H](CN)NS(=O)(=O)c1ccc(F)c(C#N)c1. The fourth-order valence-electron chi connectivity index (χ4n) is 1.14. The minimum Gasteiger partial charge on any atom is -0.329 e. The molecule has 0 saturated heterocycles. The zero-order chi connectivity index (χ0) is 13.1. The number of nitrogens with two attached hydrogens (primary N) is 1. The van der Waals surface area contributed by atoms with Crippen molar-refractivity contribution in [1.29, 1.82) is 5.26 Å². The van der Waals surface area contributed by atoms with Crippen LogP contribution in [0.25, 0.3) is 0 Å². The summed E-state index contributed by atoms with van der Waals surface area (Å²) >= 11 is 0. The Kier molecular flexibility index (Phi) is 4.17. The minimum absolute atomic E-state index is 0.144. The first-order chi connectivity index (χ1) is 7.90. The molecule has 0 aromatic heterocycles. The van der Waals surface area contributed by atoms with Crippen molar-refractivity contribution in [2.45, 2.75) is 17.9 Å². The van der Waals surface area contributed by atoms with Gasteiger partial charge in [-0.15, -0.1) is 0 Å².